The summed E-state index contributed by atoms with van der Waals surface area (Å²) in [5, 5.41) is 7.17. The zero-order chi connectivity index (χ0) is 20.6. The first-order valence-electron chi connectivity index (χ1n) is 11.1. The molecule has 0 aromatic heterocycles. The maximum Gasteiger partial charge on any atom is 0.191 e. The van der Waals surface area contributed by atoms with Gasteiger partial charge in [-0.2, -0.15) is 0 Å². The molecule has 29 heavy (non-hydrogen) atoms. The fraction of sp³-hybridized carbons (Fsp3) is 0.696. The molecule has 6 heteroatoms. The second kappa shape index (κ2) is 10.7. The maximum absolute atomic E-state index is 5.68. The Hall–Kier alpha value is -1.95. The molecule has 2 aliphatic rings. The third kappa shape index (κ3) is 5.78. The lowest BCUT2D eigenvalue weighted by Gasteiger charge is -2.47. The number of nitrogens with one attached hydrogen (secondary N) is 2. The Bertz CT molecular complexity index is 665. The maximum atomic E-state index is 5.68. The molecule has 0 saturated carbocycles. The van der Waals surface area contributed by atoms with E-state index in [0.29, 0.717) is 12.6 Å². The van der Waals surface area contributed by atoms with Crippen molar-refractivity contribution in [1.82, 2.24) is 15.5 Å². The minimum Gasteiger partial charge on any atom is -0.493 e. The molecule has 0 aliphatic carbocycles. The molecule has 2 fully saturated rings. The topological polar surface area (TPSA) is 58.1 Å². The van der Waals surface area contributed by atoms with Gasteiger partial charge in [-0.1, -0.05) is 12.5 Å². The molecule has 2 heterocycles. The molecule has 0 amide bonds. The van der Waals surface area contributed by atoms with Crippen LogP contribution in [0.25, 0.3) is 0 Å². The van der Waals surface area contributed by atoms with Gasteiger partial charge in [0.05, 0.1) is 13.7 Å². The van der Waals surface area contributed by atoms with E-state index >= 15 is 0 Å². The Morgan fingerprint density at radius 1 is 1.21 bits per heavy atom. The van der Waals surface area contributed by atoms with Crippen LogP contribution in [0.5, 0.6) is 11.5 Å². The van der Waals surface area contributed by atoms with Crippen molar-refractivity contribution >= 4 is 5.96 Å². The lowest BCUT2D eigenvalue weighted by Crippen LogP contribution is -2.56. The predicted molar refractivity (Wildman–Crippen MR) is 119 cm³/mol. The highest BCUT2D eigenvalue weighted by atomic mass is 16.5. The number of piperidine rings is 2. The Balaban J connectivity index is 1.43. The van der Waals surface area contributed by atoms with E-state index in [9.17, 15) is 0 Å². The predicted octanol–water partition coefficient (Wildman–Crippen LogP) is 3.21. The van der Waals surface area contributed by atoms with Gasteiger partial charge in [0.15, 0.2) is 17.5 Å². The third-order valence-corrected chi connectivity index (χ3v) is 6.37. The second-order valence-electron chi connectivity index (χ2n) is 8.24. The number of nitrogens with zero attached hydrogens (tertiary/aromatic N) is 2. The van der Waals surface area contributed by atoms with E-state index in [-0.39, 0.29) is 0 Å². The fourth-order valence-electron chi connectivity index (χ4n) is 4.77. The second-order valence-corrected chi connectivity index (χ2v) is 8.24. The SMILES string of the molecule is CCOc1cc(CCCNC(=NC)NC2CC3CCCC(C2)N3C)ccc1OC. The van der Waals surface area contributed by atoms with E-state index in [1.807, 2.05) is 20.0 Å². The van der Waals surface area contributed by atoms with E-state index in [4.69, 9.17) is 9.47 Å². The number of fused-ring (bicyclic) bond motifs is 2. The van der Waals surface area contributed by atoms with E-state index in [1.165, 1.54) is 37.7 Å². The van der Waals surface area contributed by atoms with Crippen LogP contribution in [0.4, 0.5) is 0 Å². The van der Waals surface area contributed by atoms with E-state index in [2.05, 4.69) is 39.7 Å². The Labute approximate surface area is 176 Å². The van der Waals surface area contributed by atoms with Crippen LogP contribution in [0, 0.1) is 0 Å². The number of benzene rings is 1. The number of ether oxygens (including phenoxy) is 2. The smallest absolute Gasteiger partial charge is 0.191 e. The molecule has 6 nitrogen and oxygen atoms in total. The normalized spacial score (nSPS) is 24.8. The van der Waals surface area contributed by atoms with Crippen molar-refractivity contribution in [3.8, 4) is 11.5 Å². The first kappa shape index (κ1) is 21.8. The molecule has 0 spiro atoms. The minimum atomic E-state index is 0.531. The molecule has 2 aliphatic heterocycles. The molecular weight excluding hydrogens is 364 g/mol. The zero-order valence-corrected chi connectivity index (χ0v) is 18.5. The van der Waals surface area contributed by atoms with Gasteiger partial charge in [-0.25, -0.2) is 0 Å². The van der Waals surface area contributed by atoms with Crippen LogP contribution in [0.15, 0.2) is 23.2 Å². The average molecular weight is 403 g/mol. The summed E-state index contributed by atoms with van der Waals surface area (Å²) in [5.41, 5.74) is 1.27. The number of hydrogen-bond acceptors (Lipinski definition) is 4. The summed E-state index contributed by atoms with van der Waals surface area (Å²) < 4.78 is 11.0. The zero-order valence-electron chi connectivity index (χ0n) is 18.5. The molecule has 162 valence electrons. The molecule has 2 bridgehead atoms. The molecule has 2 atom stereocenters. The van der Waals surface area contributed by atoms with Gasteiger partial charge in [-0.15, -0.1) is 0 Å². The molecule has 2 N–H and O–H groups in total. The third-order valence-electron chi connectivity index (χ3n) is 6.37. The largest absolute Gasteiger partial charge is 0.493 e. The van der Waals surface area contributed by atoms with Crippen molar-refractivity contribution in [2.75, 3.05) is 34.4 Å². The summed E-state index contributed by atoms with van der Waals surface area (Å²) in [7, 11) is 5.84. The fourth-order valence-corrected chi connectivity index (χ4v) is 4.77. The van der Waals surface area contributed by atoms with Crippen LogP contribution < -0.4 is 20.1 Å². The van der Waals surface area contributed by atoms with Gasteiger partial charge in [-0.05, 0) is 70.2 Å². The summed E-state index contributed by atoms with van der Waals surface area (Å²) in [6, 6.07) is 8.19. The summed E-state index contributed by atoms with van der Waals surface area (Å²) in [6.45, 7) is 3.53. The van der Waals surface area contributed by atoms with Crippen molar-refractivity contribution in [3.05, 3.63) is 23.8 Å². The minimum absolute atomic E-state index is 0.531. The molecule has 2 unspecified atom stereocenters. The molecule has 3 rings (SSSR count). The summed E-state index contributed by atoms with van der Waals surface area (Å²) in [4.78, 5) is 7.05. The van der Waals surface area contributed by atoms with Crippen molar-refractivity contribution in [1.29, 1.82) is 0 Å². The van der Waals surface area contributed by atoms with Crippen LogP contribution in [0.2, 0.25) is 0 Å². The summed E-state index contributed by atoms with van der Waals surface area (Å²) >= 11 is 0. The van der Waals surface area contributed by atoms with Crippen LogP contribution in [-0.4, -0.2) is 63.3 Å². The molecular formula is C23H38N4O2. The standard InChI is InChI=1S/C23H38N4O2/c1-5-29-22-14-17(11-12-21(22)28-4)8-7-13-25-23(24-2)26-18-15-19-9-6-10-20(16-18)27(19)3/h11-12,14,18-20H,5-10,13,15-16H2,1-4H3,(H2,24,25,26). The Kier molecular flexibility index (Phi) is 8.04. The van der Waals surface area contributed by atoms with E-state index in [0.717, 1.165) is 48.9 Å². The monoisotopic (exact) mass is 402 g/mol. The highest BCUT2D eigenvalue weighted by Gasteiger charge is 2.36. The van der Waals surface area contributed by atoms with Crippen molar-refractivity contribution in [2.24, 2.45) is 4.99 Å². The molecule has 1 aromatic carbocycles. The average Bonchev–Trinajstić information content (AvgIpc) is 2.71. The van der Waals surface area contributed by atoms with Crippen LogP contribution in [0.1, 0.15) is 51.0 Å². The van der Waals surface area contributed by atoms with Gasteiger partial charge in [0, 0.05) is 31.7 Å². The first-order chi connectivity index (χ1) is 14.1. The van der Waals surface area contributed by atoms with Gasteiger partial charge in [0.1, 0.15) is 0 Å². The Morgan fingerprint density at radius 2 is 1.97 bits per heavy atom. The number of aliphatic imine (C=N–C) groups is 1. The number of methoxy groups -OCH3 is 1. The van der Waals surface area contributed by atoms with Gasteiger partial charge >= 0.3 is 0 Å². The number of aryl methyl sites for hydroxylation is 1. The first-order valence-corrected chi connectivity index (χ1v) is 11.1. The van der Waals surface area contributed by atoms with Crippen molar-refractivity contribution in [3.63, 3.8) is 0 Å². The van der Waals surface area contributed by atoms with Gasteiger partial charge in [0.2, 0.25) is 0 Å². The van der Waals surface area contributed by atoms with Crippen LogP contribution in [0.3, 0.4) is 0 Å². The summed E-state index contributed by atoms with van der Waals surface area (Å²) in [6.07, 6.45) is 8.53. The lowest BCUT2D eigenvalue weighted by atomic mass is 9.82. The Morgan fingerprint density at radius 3 is 2.62 bits per heavy atom. The number of rotatable bonds is 8. The quantitative estimate of drug-likeness (QED) is 0.397. The van der Waals surface area contributed by atoms with Gasteiger partial charge in [0.25, 0.3) is 0 Å². The molecule has 0 radical (unpaired) electrons. The van der Waals surface area contributed by atoms with Crippen LogP contribution in [-0.2, 0) is 6.42 Å². The highest BCUT2D eigenvalue weighted by molar-refractivity contribution is 5.79. The van der Waals surface area contributed by atoms with Crippen molar-refractivity contribution < 1.29 is 9.47 Å². The number of guanidine groups is 1. The number of hydrogen-bond donors (Lipinski definition) is 2. The molecule has 1 aromatic rings. The van der Waals surface area contributed by atoms with Crippen LogP contribution >= 0.6 is 0 Å². The van der Waals surface area contributed by atoms with E-state index < -0.39 is 0 Å². The van der Waals surface area contributed by atoms with Crippen molar-refractivity contribution in [2.45, 2.75) is 70.0 Å². The highest BCUT2D eigenvalue weighted by Crippen LogP contribution is 2.32. The van der Waals surface area contributed by atoms with E-state index in [1.54, 1.807) is 7.11 Å². The van der Waals surface area contributed by atoms with Gasteiger partial charge < -0.3 is 25.0 Å². The summed E-state index contributed by atoms with van der Waals surface area (Å²) in [5.74, 6) is 2.55. The van der Waals surface area contributed by atoms with Gasteiger partial charge in [-0.3, -0.25) is 4.99 Å². The lowest BCUT2D eigenvalue weighted by molar-refractivity contribution is 0.0526. The molecule has 2 saturated heterocycles.